The molecule has 1 rings (SSSR count). The highest BCUT2D eigenvalue weighted by Gasteiger charge is 2.18. The highest BCUT2D eigenvalue weighted by Crippen LogP contribution is 2.35. The van der Waals surface area contributed by atoms with Gasteiger partial charge in [0.15, 0.2) is 11.5 Å². The number of benzene rings is 1. The molecular formula is C14H20N2O5. The summed E-state index contributed by atoms with van der Waals surface area (Å²) in [5, 5.41) is 13.6. The summed E-state index contributed by atoms with van der Waals surface area (Å²) in [7, 11) is 2.98. The lowest BCUT2D eigenvalue weighted by Crippen LogP contribution is -2.18. The van der Waals surface area contributed by atoms with E-state index in [0.717, 1.165) is 0 Å². The molecule has 1 aromatic carbocycles. The number of methoxy groups -OCH3 is 1. The van der Waals surface area contributed by atoms with Gasteiger partial charge in [0, 0.05) is 20.4 Å². The first-order chi connectivity index (χ1) is 10.4. The molecule has 21 heavy (non-hydrogen) atoms. The Morgan fingerprint density at radius 3 is 2.71 bits per heavy atom. The Balaban J connectivity index is 2.91. The zero-order chi connectivity index (χ0) is 16.7. The van der Waals surface area contributed by atoms with Crippen LogP contribution in [0.15, 0.2) is 12.1 Å². The first kappa shape index (κ1) is 15.1. The monoisotopic (exact) mass is 297 g/mol. The van der Waals surface area contributed by atoms with Crippen molar-refractivity contribution in [1.29, 1.82) is 0 Å². The molecule has 0 fully saturated rings. The number of ether oxygens (including phenoxy) is 2. The van der Waals surface area contributed by atoms with Gasteiger partial charge >= 0.3 is 0 Å². The van der Waals surface area contributed by atoms with Crippen molar-refractivity contribution in [2.24, 2.45) is 0 Å². The fourth-order valence-corrected chi connectivity index (χ4v) is 1.77. The standard InChI is InChI=1S/C14H20N2O5/c1-4-10-8-12(20-3)13(9-11(10)16(18)19)21-7-5-6-14(17)15-2/h8-9H,4-7H2,1-3H3,(H,15,17)/i4D. The molecule has 0 aliphatic rings. The number of carbonyl (C=O) groups is 1. The van der Waals surface area contributed by atoms with Crippen LogP contribution in [0.1, 0.15) is 26.7 Å². The van der Waals surface area contributed by atoms with Crippen LogP contribution >= 0.6 is 0 Å². The molecule has 1 aromatic rings. The van der Waals surface area contributed by atoms with E-state index in [4.69, 9.17) is 10.8 Å². The number of nitrogens with one attached hydrogen (secondary N) is 1. The lowest BCUT2D eigenvalue weighted by molar-refractivity contribution is -0.385. The van der Waals surface area contributed by atoms with Crippen LogP contribution < -0.4 is 14.8 Å². The zero-order valence-electron chi connectivity index (χ0n) is 13.3. The SMILES string of the molecule is [2H]C(C)c1cc(OC)c(OCCCC(=O)NC)cc1[N+](=O)[O-]. The first-order valence-electron chi connectivity index (χ1n) is 7.10. The van der Waals surface area contributed by atoms with Crippen molar-refractivity contribution in [1.82, 2.24) is 5.32 Å². The lowest BCUT2D eigenvalue weighted by Gasteiger charge is -2.12. The third-order valence-corrected chi connectivity index (χ3v) is 2.91. The molecule has 0 spiro atoms. The van der Waals surface area contributed by atoms with Crippen molar-refractivity contribution < 1.29 is 20.6 Å². The number of aryl methyl sites for hydroxylation is 1. The van der Waals surface area contributed by atoms with Crippen LogP contribution in [-0.4, -0.2) is 31.6 Å². The van der Waals surface area contributed by atoms with E-state index in [0.29, 0.717) is 18.6 Å². The molecule has 0 bridgehead atoms. The van der Waals surface area contributed by atoms with E-state index < -0.39 is 11.3 Å². The molecule has 1 N–H and O–H groups in total. The van der Waals surface area contributed by atoms with Crippen molar-refractivity contribution in [3.05, 3.63) is 27.8 Å². The molecule has 0 aliphatic carbocycles. The highest BCUT2D eigenvalue weighted by atomic mass is 16.6. The summed E-state index contributed by atoms with van der Waals surface area (Å²) in [5.74, 6) is 0.468. The number of carbonyl (C=O) groups excluding carboxylic acids is 1. The molecule has 7 nitrogen and oxygen atoms in total. The number of nitro benzene ring substituents is 1. The van der Waals surface area contributed by atoms with Gasteiger partial charge in [0.25, 0.3) is 5.69 Å². The largest absolute Gasteiger partial charge is 0.493 e. The Labute approximate surface area is 124 Å². The molecule has 1 atom stereocenters. The predicted octanol–water partition coefficient (Wildman–Crippen LogP) is 2.07. The number of nitrogens with zero attached hydrogens (tertiary/aromatic N) is 1. The molecular weight excluding hydrogens is 276 g/mol. The fraction of sp³-hybridized carbons (Fsp3) is 0.500. The number of rotatable bonds is 8. The molecule has 0 radical (unpaired) electrons. The molecule has 0 saturated carbocycles. The van der Waals surface area contributed by atoms with Crippen LogP contribution in [0.25, 0.3) is 0 Å². The van der Waals surface area contributed by atoms with E-state index in [9.17, 15) is 14.9 Å². The maximum absolute atomic E-state index is 11.1. The fourth-order valence-electron chi connectivity index (χ4n) is 1.77. The van der Waals surface area contributed by atoms with Crippen LogP contribution in [-0.2, 0) is 11.2 Å². The second-order valence-electron chi connectivity index (χ2n) is 4.23. The average molecular weight is 297 g/mol. The van der Waals surface area contributed by atoms with Crippen molar-refractivity contribution in [2.75, 3.05) is 20.8 Å². The summed E-state index contributed by atoms with van der Waals surface area (Å²) >= 11 is 0. The van der Waals surface area contributed by atoms with E-state index in [1.165, 1.54) is 19.2 Å². The van der Waals surface area contributed by atoms with Gasteiger partial charge in [0.2, 0.25) is 5.91 Å². The number of hydrogen-bond acceptors (Lipinski definition) is 5. The maximum atomic E-state index is 11.1. The quantitative estimate of drug-likeness (QED) is 0.450. The number of amides is 1. The minimum Gasteiger partial charge on any atom is -0.493 e. The Bertz CT molecular complexity index is 548. The van der Waals surface area contributed by atoms with E-state index >= 15 is 0 Å². The van der Waals surface area contributed by atoms with Gasteiger partial charge in [-0.1, -0.05) is 6.92 Å². The molecule has 0 heterocycles. The smallest absolute Gasteiger partial charge is 0.276 e. The van der Waals surface area contributed by atoms with Crippen molar-refractivity contribution in [3.63, 3.8) is 0 Å². The van der Waals surface area contributed by atoms with Gasteiger partial charge in [0.05, 0.1) is 24.7 Å². The minimum absolute atomic E-state index is 0.0973. The lowest BCUT2D eigenvalue weighted by atomic mass is 10.1. The maximum Gasteiger partial charge on any atom is 0.276 e. The Morgan fingerprint density at radius 1 is 1.48 bits per heavy atom. The normalized spacial score (nSPS) is 12.2. The summed E-state index contributed by atoms with van der Waals surface area (Å²) in [4.78, 5) is 21.7. The third-order valence-electron chi connectivity index (χ3n) is 2.91. The van der Waals surface area contributed by atoms with Gasteiger partial charge in [0.1, 0.15) is 0 Å². The second kappa shape index (κ2) is 8.08. The summed E-state index contributed by atoms with van der Waals surface area (Å²) in [6.07, 6.45) is 0.0345. The van der Waals surface area contributed by atoms with E-state index in [2.05, 4.69) is 5.32 Å². The van der Waals surface area contributed by atoms with Gasteiger partial charge in [-0.15, -0.1) is 0 Å². The van der Waals surface area contributed by atoms with E-state index in [1.54, 1.807) is 14.0 Å². The number of hydrogen-bond donors (Lipinski definition) is 1. The zero-order valence-corrected chi connectivity index (χ0v) is 12.3. The molecule has 7 heteroatoms. The van der Waals surface area contributed by atoms with Gasteiger partial charge in [-0.25, -0.2) is 0 Å². The van der Waals surface area contributed by atoms with E-state index in [1.807, 2.05) is 0 Å². The van der Waals surface area contributed by atoms with Crippen LogP contribution in [0.5, 0.6) is 11.5 Å². The summed E-state index contributed by atoms with van der Waals surface area (Å²) in [6, 6.07) is 2.71. The van der Waals surface area contributed by atoms with Crippen LogP contribution in [0, 0.1) is 10.1 Å². The number of nitro groups is 1. The summed E-state index contributed by atoms with van der Waals surface area (Å²) < 4.78 is 18.3. The highest BCUT2D eigenvalue weighted by molar-refractivity contribution is 5.75. The van der Waals surface area contributed by atoms with Gasteiger partial charge < -0.3 is 14.8 Å². The molecule has 1 amide bonds. The summed E-state index contributed by atoms with van der Waals surface area (Å²) in [6.45, 7) is 1.78. The van der Waals surface area contributed by atoms with Crippen molar-refractivity contribution in [2.45, 2.75) is 26.2 Å². The van der Waals surface area contributed by atoms with Gasteiger partial charge in [-0.3, -0.25) is 14.9 Å². The molecule has 116 valence electrons. The Hall–Kier alpha value is -2.31. The summed E-state index contributed by atoms with van der Waals surface area (Å²) in [5.41, 5.74) is 0.0872. The molecule has 0 aromatic heterocycles. The third kappa shape index (κ3) is 4.62. The topological polar surface area (TPSA) is 90.7 Å². The van der Waals surface area contributed by atoms with Crippen LogP contribution in [0.4, 0.5) is 5.69 Å². The van der Waals surface area contributed by atoms with Crippen LogP contribution in [0.3, 0.4) is 0 Å². The second-order valence-corrected chi connectivity index (χ2v) is 4.23. The Morgan fingerprint density at radius 2 is 2.19 bits per heavy atom. The van der Waals surface area contributed by atoms with Gasteiger partial charge in [-0.2, -0.15) is 0 Å². The van der Waals surface area contributed by atoms with Crippen molar-refractivity contribution >= 4 is 11.6 Å². The van der Waals surface area contributed by atoms with Crippen LogP contribution in [0.2, 0.25) is 0 Å². The minimum atomic E-state index is -0.753. The average Bonchev–Trinajstić information content (AvgIpc) is 2.50. The van der Waals surface area contributed by atoms with Crippen molar-refractivity contribution in [3.8, 4) is 11.5 Å². The van der Waals surface area contributed by atoms with E-state index in [-0.39, 0.29) is 29.5 Å². The Kier molecular flexibility index (Phi) is 5.81. The first-order valence-corrected chi connectivity index (χ1v) is 6.52. The predicted molar refractivity (Wildman–Crippen MR) is 77.8 cm³/mol. The molecule has 0 saturated heterocycles. The molecule has 0 aliphatic heterocycles. The molecule has 1 unspecified atom stereocenters. The van der Waals surface area contributed by atoms with Gasteiger partial charge in [-0.05, 0) is 18.9 Å².